The van der Waals surface area contributed by atoms with E-state index in [2.05, 4.69) is 0 Å². The molecule has 0 aliphatic heterocycles. The van der Waals surface area contributed by atoms with Gasteiger partial charge in [-0.25, -0.2) is 9.78 Å². The summed E-state index contributed by atoms with van der Waals surface area (Å²) in [4.78, 5) is 30.1. The fourth-order valence-corrected chi connectivity index (χ4v) is 3.76. The Labute approximate surface area is 186 Å². The van der Waals surface area contributed by atoms with Gasteiger partial charge in [0.25, 0.3) is 0 Å². The van der Waals surface area contributed by atoms with Crippen LogP contribution in [0.2, 0.25) is 0 Å². The molecule has 0 radical (unpaired) electrons. The number of hydrogen-bond donors (Lipinski definition) is 0. The van der Waals surface area contributed by atoms with Gasteiger partial charge in [0.2, 0.25) is 0 Å². The van der Waals surface area contributed by atoms with Crippen molar-refractivity contribution in [1.29, 1.82) is 0 Å². The number of esters is 1. The first-order chi connectivity index (χ1) is 15.4. The monoisotopic (exact) mass is 425 g/mol. The van der Waals surface area contributed by atoms with Crippen LogP contribution in [-0.2, 0) is 0 Å². The van der Waals surface area contributed by atoms with Crippen molar-refractivity contribution in [3.05, 3.63) is 89.0 Å². The van der Waals surface area contributed by atoms with E-state index in [9.17, 15) is 9.59 Å². The number of fused-ring (bicyclic) bond motifs is 1. The molecule has 0 N–H and O–H groups in total. The molecule has 0 saturated carbocycles. The number of methoxy groups -OCH3 is 1. The second-order valence-corrected chi connectivity index (χ2v) is 7.70. The Morgan fingerprint density at radius 3 is 2.28 bits per heavy atom. The first kappa shape index (κ1) is 21.2. The molecule has 4 rings (SSSR count). The molecule has 160 valence electrons. The van der Waals surface area contributed by atoms with Crippen LogP contribution in [0.5, 0.6) is 11.5 Å². The number of ketones is 1. The second-order valence-electron chi connectivity index (χ2n) is 7.70. The molecular weight excluding hydrogens is 402 g/mol. The van der Waals surface area contributed by atoms with Gasteiger partial charge >= 0.3 is 5.97 Å². The van der Waals surface area contributed by atoms with Crippen LogP contribution in [0.4, 0.5) is 0 Å². The summed E-state index contributed by atoms with van der Waals surface area (Å²) in [6.07, 6.45) is 0. The third-order valence-electron chi connectivity index (χ3n) is 5.32. The third kappa shape index (κ3) is 4.10. The van der Waals surface area contributed by atoms with Gasteiger partial charge in [0.1, 0.15) is 11.5 Å². The van der Waals surface area contributed by atoms with Gasteiger partial charge in [-0.3, -0.25) is 4.79 Å². The summed E-state index contributed by atoms with van der Waals surface area (Å²) in [6.45, 7) is 5.40. The maximum atomic E-state index is 13.3. The third-order valence-corrected chi connectivity index (χ3v) is 5.32. The minimum Gasteiger partial charge on any atom is -0.497 e. The van der Waals surface area contributed by atoms with E-state index in [0.717, 1.165) is 28.0 Å². The van der Waals surface area contributed by atoms with E-state index in [4.69, 9.17) is 14.5 Å². The first-order valence-electron chi connectivity index (χ1n) is 10.3. The fourth-order valence-electron chi connectivity index (χ4n) is 3.76. The largest absolute Gasteiger partial charge is 0.497 e. The van der Waals surface area contributed by atoms with Crippen LogP contribution < -0.4 is 9.47 Å². The number of Topliss-reactive ketones (excluding diaryl/α,β-unsaturated/α-hetero) is 1. The summed E-state index contributed by atoms with van der Waals surface area (Å²) in [5.74, 6) is 0.275. The van der Waals surface area contributed by atoms with E-state index in [0.29, 0.717) is 22.2 Å². The minimum absolute atomic E-state index is 0.168. The van der Waals surface area contributed by atoms with Gasteiger partial charge in [-0.15, -0.1) is 0 Å². The summed E-state index contributed by atoms with van der Waals surface area (Å²) in [6, 6.07) is 19.9. The number of carbonyl (C=O) groups excluding carboxylic acids is 2. The molecule has 3 aromatic carbocycles. The minimum atomic E-state index is -0.536. The number of hydrogen-bond acceptors (Lipinski definition) is 5. The summed E-state index contributed by atoms with van der Waals surface area (Å²) in [5, 5.41) is 0.713. The molecule has 1 aromatic heterocycles. The normalized spacial score (nSPS) is 10.8. The predicted molar refractivity (Wildman–Crippen MR) is 125 cm³/mol. The molecule has 0 unspecified atom stereocenters. The van der Waals surface area contributed by atoms with Gasteiger partial charge in [0.05, 0.1) is 29.4 Å². The smallest absolute Gasteiger partial charge is 0.344 e. The molecule has 0 spiro atoms. The number of nitrogens with zero attached hydrogens (tertiary/aromatic N) is 1. The number of aryl methyl sites for hydroxylation is 2. The van der Waals surface area contributed by atoms with Crippen LogP contribution in [0.1, 0.15) is 38.8 Å². The number of benzene rings is 3. The Morgan fingerprint density at radius 2 is 1.59 bits per heavy atom. The summed E-state index contributed by atoms with van der Waals surface area (Å²) in [7, 11) is 1.61. The van der Waals surface area contributed by atoms with Gasteiger partial charge < -0.3 is 9.47 Å². The first-order valence-corrected chi connectivity index (χ1v) is 10.3. The molecule has 0 aliphatic carbocycles. The number of aromatic nitrogens is 1. The number of carbonyl (C=O) groups is 2. The quantitative estimate of drug-likeness (QED) is 0.225. The van der Waals surface area contributed by atoms with Crippen molar-refractivity contribution in [1.82, 2.24) is 4.98 Å². The van der Waals surface area contributed by atoms with E-state index in [1.807, 2.05) is 50.2 Å². The molecule has 5 nitrogen and oxygen atoms in total. The van der Waals surface area contributed by atoms with E-state index < -0.39 is 5.97 Å². The van der Waals surface area contributed by atoms with E-state index in [1.54, 1.807) is 37.4 Å². The molecule has 0 fully saturated rings. The number of para-hydroxylation sites is 1. The van der Waals surface area contributed by atoms with Crippen LogP contribution in [0.3, 0.4) is 0 Å². The Bertz CT molecular complexity index is 1340. The standard InChI is InChI=1S/C27H23NO4/c1-16-13-17(2)26-22(14-16)23(15-24(28-26)19-9-11-20(31-4)12-10-19)27(30)32-25-8-6-5-7-21(25)18(3)29/h5-15H,1-4H3. The second kappa shape index (κ2) is 8.63. The highest BCUT2D eigenvalue weighted by Crippen LogP contribution is 2.30. The number of rotatable bonds is 5. The summed E-state index contributed by atoms with van der Waals surface area (Å²) >= 11 is 0. The summed E-state index contributed by atoms with van der Waals surface area (Å²) in [5.41, 5.74) is 4.98. The van der Waals surface area contributed by atoms with Crippen LogP contribution in [0.25, 0.3) is 22.2 Å². The van der Waals surface area contributed by atoms with Gasteiger partial charge in [-0.1, -0.05) is 23.8 Å². The van der Waals surface area contributed by atoms with Crippen molar-refractivity contribution >= 4 is 22.7 Å². The highest BCUT2D eigenvalue weighted by molar-refractivity contribution is 6.07. The fraction of sp³-hybridized carbons (Fsp3) is 0.148. The predicted octanol–water partition coefficient (Wildman–Crippen LogP) is 5.95. The van der Waals surface area contributed by atoms with Crippen LogP contribution in [-0.4, -0.2) is 23.8 Å². The Hall–Kier alpha value is -3.99. The molecule has 32 heavy (non-hydrogen) atoms. The van der Waals surface area contributed by atoms with E-state index in [-0.39, 0.29) is 11.5 Å². The zero-order valence-electron chi connectivity index (χ0n) is 18.4. The molecule has 0 amide bonds. The number of pyridine rings is 1. The van der Waals surface area contributed by atoms with Crippen molar-refractivity contribution in [3.8, 4) is 22.8 Å². The Morgan fingerprint density at radius 1 is 0.875 bits per heavy atom. The van der Waals surface area contributed by atoms with Gasteiger partial charge in [-0.05, 0) is 74.9 Å². The average Bonchev–Trinajstić information content (AvgIpc) is 2.78. The molecule has 5 heteroatoms. The summed E-state index contributed by atoms with van der Waals surface area (Å²) < 4.78 is 10.9. The zero-order chi connectivity index (χ0) is 22.8. The van der Waals surface area contributed by atoms with Gasteiger partial charge in [0, 0.05) is 10.9 Å². The lowest BCUT2D eigenvalue weighted by molar-refractivity contribution is 0.0735. The Balaban J connectivity index is 1.87. The highest BCUT2D eigenvalue weighted by atomic mass is 16.5. The highest BCUT2D eigenvalue weighted by Gasteiger charge is 2.19. The van der Waals surface area contributed by atoms with Crippen LogP contribution >= 0.6 is 0 Å². The molecule has 0 aliphatic rings. The molecular formula is C27H23NO4. The van der Waals surface area contributed by atoms with Crippen molar-refractivity contribution in [2.45, 2.75) is 20.8 Å². The van der Waals surface area contributed by atoms with Crippen molar-refractivity contribution < 1.29 is 19.1 Å². The van der Waals surface area contributed by atoms with Crippen LogP contribution in [0, 0.1) is 13.8 Å². The van der Waals surface area contributed by atoms with Crippen molar-refractivity contribution in [2.24, 2.45) is 0 Å². The lowest BCUT2D eigenvalue weighted by Gasteiger charge is -2.13. The zero-order valence-corrected chi connectivity index (χ0v) is 18.4. The maximum absolute atomic E-state index is 13.3. The van der Waals surface area contributed by atoms with E-state index >= 15 is 0 Å². The average molecular weight is 425 g/mol. The van der Waals surface area contributed by atoms with Gasteiger partial charge in [0.15, 0.2) is 5.78 Å². The molecule has 1 heterocycles. The molecule has 4 aromatic rings. The maximum Gasteiger partial charge on any atom is 0.344 e. The Kier molecular flexibility index (Phi) is 5.73. The lowest BCUT2D eigenvalue weighted by atomic mass is 9.99. The van der Waals surface area contributed by atoms with Crippen molar-refractivity contribution in [3.63, 3.8) is 0 Å². The lowest BCUT2D eigenvalue weighted by Crippen LogP contribution is -2.12. The molecule has 0 saturated heterocycles. The van der Waals surface area contributed by atoms with E-state index in [1.165, 1.54) is 6.92 Å². The van der Waals surface area contributed by atoms with Crippen molar-refractivity contribution in [2.75, 3.05) is 7.11 Å². The van der Waals surface area contributed by atoms with Crippen LogP contribution in [0.15, 0.2) is 66.7 Å². The topological polar surface area (TPSA) is 65.5 Å². The number of ether oxygens (including phenoxy) is 2. The molecule has 0 atom stereocenters. The SMILES string of the molecule is COc1ccc(-c2cc(C(=O)Oc3ccccc3C(C)=O)c3cc(C)cc(C)c3n2)cc1. The molecule has 0 bridgehead atoms. The van der Waals surface area contributed by atoms with Gasteiger partial charge in [-0.2, -0.15) is 0 Å².